The topological polar surface area (TPSA) is 72.5 Å². The number of nitrogens with one attached hydrogen (secondary N) is 1. The minimum absolute atomic E-state index is 0.0769. The first-order chi connectivity index (χ1) is 12.4. The van der Waals surface area contributed by atoms with Gasteiger partial charge in [0.25, 0.3) is 0 Å². The van der Waals surface area contributed by atoms with E-state index in [2.05, 4.69) is 12.2 Å². The van der Waals surface area contributed by atoms with Crippen LogP contribution >= 0.6 is 11.3 Å². The van der Waals surface area contributed by atoms with Gasteiger partial charge in [0.2, 0.25) is 5.91 Å². The molecule has 6 heteroatoms. The predicted molar refractivity (Wildman–Crippen MR) is 101 cm³/mol. The molecule has 136 valence electrons. The number of amides is 1. The number of esters is 1. The van der Waals surface area contributed by atoms with E-state index in [4.69, 9.17) is 4.74 Å². The number of hydrogen-bond acceptors (Lipinski definition) is 5. The van der Waals surface area contributed by atoms with Crippen LogP contribution < -0.4 is 5.32 Å². The number of Topliss-reactive ketones (excluding diaryl/α,β-unsaturated/α-hetero) is 1. The first-order valence-corrected chi connectivity index (χ1v) is 9.46. The third-order valence-corrected chi connectivity index (χ3v) is 5.64. The van der Waals surface area contributed by atoms with E-state index < -0.39 is 5.97 Å². The average molecular weight is 371 g/mol. The summed E-state index contributed by atoms with van der Waals surface area (Å²) in [4.78, 5) is 37.9. The number of hydrogen-bond donors (Lipinski definition) is 1. The fraction of sp³-hybridized carbons (Fsp3) is 0.350. The van der Waals surface area contributed by atoms with Gasteiger partial charge in [-0.05, 0) is 55.7 Å². The molecule has 0 saturated carbocycles. The number of carbonyl (C=O) groups excluding carboxylic acids is 3. The summed E-state index contributed by atoms with van der Waals surface area (Å²) in [6.45, 7) is 5.56. The van der Waals surface area contributed by atoms with Crippen LogP contribution in [0.3, 0.4) is 0 Å². The second-order valence-corrected chi connectivity index (χ2v) is 7.71. The standard InChI is InChI=1S/C20H21NO4S/c1-4-5-13-9-18(26-12(13)3)20(24)25-10-17(22)14-6-7-16-15(8-14)11(2)19(23)21-16/h6-9,11H,4-5,10H2,1-3H3,(H,21,23)/t11-/m1/s1. The molecule has 2 aromatic rings. The van der Waals surface area contributed by atoms with Crippen molar-refractivity contribution in [1.29, 1.82) is 0 Å². The number of thiophene rings is 1. The molecule has 0 saturated heterocycles. The highest BCUT2D eigenvalue weighted by molar-refractivity contribution is 7.14. The smallest absolute Gasteiger partial charge is 0.348 e. The van der Waals surface area contributed by atoms with Crippen molar-refractivity contribution in [2.24, 2.45) is 0 Å². The molecule has 0 aliphatic carbocycles. The number of ketones is 1. The molecule has 0 bridgehead atoms. The van der Waals surface area contributed by atoms with Gasteiger partial charge in [0, 0.05) is 16.1 Å². The van der Waals surface area contributed by atoms with Crippen molar-refractivity contribution < 1.29 is 19.1 Å². The van der Waals surface area contributed by atoms with Crippen LogP contribution in [0.1, 0.15) is 62.2 Å². The Morgan fingerprint density at radius 2 is 2.04 bits per heavy atom. The maximum Gasteiger partial charge on any atom is 0.348 e. The average Bonchev–Trinajstić information content (AvgIpc) is 3.13. The maximum absolute atomic E-state index is 12.4. The van der Waals surface area contributed by atoms with E-state index >= 15 is 0 Å². The lowest BCUT2D eigenvalue weighted by molar-refractivity contribution is -0.116. The van der Waals surface area contributed by atoms with Crippen LogP contribution in [-0.4, -0.2) is 24.3 Å². The van der Waals surface area contributed by atoms with Gasteiger partial charge >= 0.3 is 5.97 Å². The van der Waals surface area contributed by atoms with Gasteiger partial charge in [-0.25, -0.2) is 4.79 Å². The zero-order valence-electron chi connectivity index (χ0n) is 15.0. The fourth-order valence-corrected chi connectivity index (χ4v) is 3.98. The molecule has 0 radical (unpaired) electrons. The molecule has 0 spiro atoms. The van der Waals surface area contributed by atoms with Crippen LogP contribution in [0.2, 0.25) is 0 Å². The summed E-state index contributed by atoms with van der Waals surface area (Å²) >= 11 is 1.40. The Morgan fingerprint density at radius 1 is 1.27 bits per heavy atom. The van der Waals surface area contributed by atoms with Gasteiger partial charge < -0.3 is 10.1 Å². The van der Waals surface area contributed by atoms with E-state index in [1.807, 2.05) is 13.0 Å². The van der Waals surface area contributed by atoms with E-state index in [9.17, 15) is 14.4 Å². The number of ether oxygens (including phenoxy) is 1. The van der Waals surface area contributed by atoms with Gasteiger partial charge in [-0.15, -0.1) is 11.3 Å². The lowest BCUT2D eigenvalue weighted by atomic mass is 9.99. The zero-order valence-corrected chi connectivity index (χ0v) is 15.9. The Bertz CT molecular complexity index is 884. The van der Waals surface area contributed by atoms with Gasteiger partial charge in [0.1, 0.15) is 4.88 Å². The summed E-state index contributed by atoms with van der Waals surface area (Å²) in [5, 5.41) is 2.77. The second kappa shape index (κ2) is 7.41. The van der Waals surface area contributed by atoms with Gasteiger partial charge in [0.15, 0.2) is 12.4 Å². The summed E-state index contributed by atoms with van der Waals surface area (Å²) in [5.41, 5.74) is 3.12. The number of carbonyl (C=O) groups is 3. The van der Waals surface area contributed by atoms with Crippen LogP contribution in [-0.2, 0) is 16.0 Å². The highest BCUT2D eigenvalue weighted by Gasteiger charge is 2.27. The Hall–Kier alpha value is -2.47. The Morgan fingerprint density at radius 3 is 2.77 bits per heavy atom. The molecule has 1 aliphatic heterocycles. The van der Waals surface area contributed by atoms with Crippen LogP contribution in [0.5, 0.6) is 0 Å². The minimum atomic E-state index is -0.472. The van der Waals surface area contributed by atoms with E-state index in [0.29, 0.717) is 10.4 Å². The molecule has 1 aromatic heterocycles. The van der Waals surface area contributed by atoms with E-state index in [-0.39, 0.29) is 24.2 Å². The van der Waals surface area contributed by atoms with Crippen molar-refractivity contribution in [1.82, 2.24) is 0 Å². The van der Waals surface area contributed by atoms with Gasteiger partial charge in [-0.3, -0.25) is 9.59 Å². The lowest BCUT2D eigenvalue weighted by Gasteiger charge is -2.06. The molecule has 1 amide bonds. The zero-order chi connectivity index (χ0) is 18.8. The van der Waals surface area contributed by atoms with Crippen LogP contribution in [0, 0.1) is 6.92 Å². The molecule has 5 nitrogen and oxygen atoms in total. The normalized spacial score (nSPS) is 15.5. The van der Waals surface area contributed by atoms with Gasteiger partial charge in [0.05, 0.1) is 5.92 Å². The molecular formula is C20H21NO4S. The number of benzene rings is 1. The summed E-state index contributed by atoms with van der Waals surface area (Å²) in [6.07, 6.45) is 1.94. The second-order valence-electron chi connectivity index (χ2n) is 6.45. The monoisotopic (exact) mass is 371 g/mol. The Kier molecular flexibility index (Phi) is 5.23. The third kappa shape index (κ3) is 3.55. The summed E-state index contributed by atoms with van der Waals surface area (Å²) in [7, 11) is 0. The third-order valence-electron chi connectivity index (χ3n) is 4.57. The van der Waals surface area contributed by atoms with E-state index in [1.54, 1.807) is 25.1 Å². The number of aryl methyl sites for hydroxylation is 2. The Balaban J connectivity index is 1.65. The molecule has 0 unspecified atom stereocenters. The predicted octanol–water partition coefficient (Wildman–Crippen LogP) is 4.10. The van der Waals surface area contributed by atoms with Crippen molar-refractivity contribution in [2.75, 3.05) is 11.9 Å². The molecule has 26 heavy (non-hydrogen) atoms. The minimum Gasteiger partial charge on any atom is -0.453 e. The van der Waals surface area contributed by atoms with Crippen LogP contribution in [0.4, 0.5) is 5.69 Å². The Labute approximate surface area is 156 Å². The SMILES string of the molecule is CCCc1cc(C(=O)OCC(=O)c2ccc3c(c2)[C@@H](C)C(=O)N3)sc1C. The number of anilines is 1. The van der Waals surface area contributed by atoms with Crippen LogP contribution in [0.25, 0.3) is 0 Å². The number of fused-ring (bicyclic) bond motifs is 1. The first-order valence-electron chi connectivity index (χ1n) is 8.65. The van der Waals surface area contributed by atoms with Gasteiger partial charge in [-0.2, -0.15) is 0 Å². The summed E-state index contributed by atoms with van der Waals surface area (Å²) in [5.74, 6) is -1.12. The highest BCUT2D eigenvalue weighted by atomic mass is 32.1. The highest BCUT2D eigenvalue weighted by Crippen LogP contribution is 2.32. The van der Waals surface area contributed by atoms with Crippen molar-refractivity contribution >= 4 is 34.7 Å². The van der Waals surface area contributed by atoms with Crippen molar-refractivity contribution in [2.45, 2.75) is 39.5 Å². The molecule has 1 atom stereocenters. The lowest BCUT2D eigenvalue weighted by Crippen LogP contribution is -2.13. The van der Waals surface area contributed by atoms with E-state index in [0.717, 1.165) is 34.5 Å². The summed E-state index contributed by atoms with van der Waals surface area (Å²) < 4.78 is 5.20. The molecular weight excluding hydrogens is 350 g/mol. The molecule has 3 rings (SSSR count). The molecule has 2 heterocycles. The number of rotatable bonds is 6. The molecule has 1 N–H and O–H groups in total. The maximum atomic E-state index is 12.4. The first kappa shape index (κ1) is 18.3. The molecule has 1 aliphatic rings. The van der Waals surface area contributed by atoms with Crippen LogP contribution in [0.15, 0.2) is 24.3 Å². The van der Waals surface area contributed by atoms with Crippen molar-refractivity contribution in [3.05, 3.63) is 50.7 Å². The van der Waals surface area contributed by atoms with E-state index in [1.165, 1.54) is 11.3 Å². The quantitative estimate of drug-likeness (QED) is 0.613. The largest absolute Gasteiger partial charge is 0.453 e. The molecule has 1 aromatic carbocycles. The molecule has 0 fully saturated rings. The fourth-order valence-electron chi connectivity index (χ4n) is 3.01. The van der Waals surface area contributed by atoms with Crippen molar-refractivity contribution in [3.8, 4) is 0 Å². The summed E-state index contributed by atoms with van der Waals surface area (Å²) in [6, 6.07) is 6.90. The van der Waals surface area contributed by atoms with Crippen molar-refractivity contribution in [3.63, 3.8) is 0 Å². The van der Waals surface area contributed by atoms with Gasteiger partial charge in [-0.1, -0.05) is 13.3 Å².